The molecule has 0 atom stereocenters. The van der Waals surface area contributed by atoms with Gasteiger partial charge in [0.05, 0.1) is 17.6 Å². The van der Waals surface area contributed by atoms with Gasteiger partial charge in [0, 0.05) is 48.3 Å². The van der Waals surface area contributed by atoms with Crippen LogP contribution in [-0.4, -0.2) is 54.0 Å². The number of likely N-dealkylation sites (tertiary alicyclic amines) is 1. The van der Waals surface area contributed by atoms with Crippen molar-refractivity contribution in [3.63, 3.8) is 0 Å². The molecule has 0 bridgehead atoms. The number of carbonyl (C=O) groups excluding carboxylic acids is 1. The Hall–Kier alpha value is -3.94. The number of aromatic amines is 1. The normalized spacial score (nSPS) is 14.1. The fourth-order valence-corrected chi connectivity index (χ4v) is 3.77. The van der Waals surface area contributed by atoms with Gasteiger partial charge in [-0.15, -0.1) is 10.2 Å². The molecule has 8 nitrogen and oxygen atoms in total. The van der Waals surface area contributed by atoms with Gasteiger partial charge >= 0.3 is 0 Å². The zero-order valence-electron chi connectivity index (χ0n) is 16.2. The fourth-order valence-electron chi connectivity index (χ4n) is 3.77. The largest absolute Gasteiger partial charge is 0.507 e. The van der Waals surface area contributed by atoms with Crippen molar-refractivity contribution < 1.29 is 9.90 Å². The molecule has 1 aliphatic heterocycles. The van der Waals surface area contributed by atoms with Crippen LogP contribution in [0.5, 0.6) is 5.75 Å². The van der Waals surface area contributed by atoms with Crippen molar-refractivity contribution in [2.75, 3.05) is 13.1 Å². The van der Waals surface area contributed by atoms with E-state index in [2.05, 4.69) is 26.9 Å². The van der Waals surface area contributed by atoms with E-state index in [1.54, 1.807) is 17.0 Å². The third-order valence-corrected chi connectivity index (χ3v) is 5.39. The lowest BCUT2D eigenvalue weighted by Gasteiger charge is -2.38. The first-order valence-corrected chi connectivity index (χ1v) is 9.69. The minimum atomic E-state index is -0.0187. The summed E-state index contributed by atoms with van der Waals surface area (Å²) in [5.41, 5.74) is 3.79. The molecule has 1 fully saturated rings. The minimum absolute atomic E-state index is 0.0187. The number of hydrogen-bond donors (Lipinski definition) is 2. The number of hydrogen-bond acceptors (Lipinski definition) is 5. The monoisotopic (exact) mass is 400 g/mol. The summed E-state index contributed by atoms with van der Waals surface area (Å²) in [6, 6.07) is 11.0. The smallest absolute Gasteiger partial charge is 0.245 e. The van der Waals surface area contributed by atoms with E-state index < -0.39 is 0 Å². The van der Waals surface area contributed by atoms with Crippen LogP contribution >= 0.6 is 0 Å². The number of H-pyrrole nitrogens is 1. The maximum absolute atomic E-state index is 11.6. The molecule has 0 aliphatic carbocycles. The van der Waals surface area contributed by atoms with E-state index >= 15 is 0 Å². The summed E-state index contributed by atoms with van der Waals surface area (Å²) in [7, 11) is 0. The Morgan fingerprint density at radius 3 is 2.90 bits per heavy atom. The minimum Gasteiger partial charge on any atom is -0.507 e. The molecule has 8 heteroatoms. The number of phenols is 1. The lowest BCUT2D eigenvalue weighted by atomic mass is 10.0. The molecule has 0 radical (unpaired) electrons. The van der Waals surface area contributed by atoms with Gasteiger partial charge in [-0.25, -0.2) is 0 Å². The topological polar surface area (TPSA) is 99.9 Å². The molecular weight excluding hydrogens is 380 g/mol. The average Bonchev–Trinajstić information content (AvgIpc) is 3.36. The number of benzene rings is 1. The number of fused-ring (bicyclic) bond motifs is 1. The Morgan fingerprint density at radius 2 is 2.10 bits per heavy atom. The maximum atomic E-state index is 11.6. The second-order valence-electron chi connectivity index (χ2n) is 7.50. The summed E-state index contributed by atoms with van der Waals surface area (Å²) in [4.78, 5) is 16.6. The van der Waals surface area contributed by atoms with E-state index in [1.807, 2.05) is 41.3 Å². The number of carbonyl (C=O) groups is 1. The summed E-state index contributed by atoms with van der Waals surface area (Å²) in [6.07, 6.45) is 5.15. The van der Waals surface area contributed by atoms with Gasteiger partial charge in [-0.3, -0.25) is 9.48 Å². The van der Waals surface area contributed by atoms with Crippen molar-refractivity contribution in [1.82, 2.24) is 29.9 Å². The van der Waals surface area contributed by atoms with Crippen molar-refractivity contribution in [1.29, 1.82) is 0 Å². The predicted molar refractivity (Wildman–Crippen MR) is 112 cm³/mol. The van der Waals surface area contributed by atoms with Crippen LogP contribution < -0.4 is 0 Å². The summed E-state index contributed by atoms with van der Waals surface area (Å²) < 4.78 is 1.90. The highest BCUT2D eigenvalue weighted by molar-refractivity contribution is 5.87. The highest BCUT2D eigenvalue weighted by Crippen LogP contribution is 2.30. The molecule has 5 rings (SSSR count). The van der Waals surface area contributed by atoms with Crippen LogP contribution in [0.2, 0.25) is 0 Å². The Kier molecular flexibility index (Phi) is 4.31. The van der Waals surface area contributed by atoms with Crippen LogP contribution in [0.3, 0.4) is 0 Å². The molecule has 1 aliphatic rings. The first-order valence-electron chi connectivity index (χ1n) is 9.69. The number of aromatic nitrogens is 5. The first kappa shape index (κ1) is 18.1. The summed E-state index contributed by atoms with van der Waals surface area (Å²) in [6.45, 7) is 5.75. The molecule has 150 valence electrons. The van der Waals surface area contributed by atoms with Crippen LogP contribution in [-0.2, 0) is 11.3 Å². The number of nitrogens with zero attached hydrogens (tertiary/aromatic N) is 5. The predicted octanol–water partition coefficient (Wildman–Crippen LogP) is 2.84. The number of rotatable bonds is 5. The van der Waals surface area contributed by atoms with E-state index in [9.17, 15) is 9.90 Å². The van der Waals surface area contributed by atoms with Crippen molar-refractivity contribution in [3.8, 4) is 28.3 Å². The second kappa shape index (κ2) is 7.14. The summed E-state index contributed by atoms with van der Waals surface area (Å²) in [5, 5.41) is 23.9. The van der Waals surface area contributed by atoms with Crippen LogP contribution in [0.1, 0.15) is 0 Å². The molecule has 3 aromatic heterocycles. The molecule has 1 saturated heterocycles. The number of nitrogens with one attached hydrogen (secondary N) is 1. The van der Waals surface area contributed by atoms with E-state index in [0.29, 0.717) is 22.8 Å². The van der Waals surface area contributed by atoms with Crippen LogP contribution in [0.25, 0.3) is 33.5 Å². The van der Waals surface area contributed by atoms with Gasteiger partial charge in [0.25, 0.3) is 0 Å². The number of amides is 1. The van der Waals surface area contributed by atoms with Gasteiger partial charge in [-0.2, -0.15) is 5.10 Å². The summed E-state index contributed by atoms with van der Waals surface area (Å²) in [5.74, 6) is 0.554. The van der Waals surface area contributed by atoms with Crippen LogP contribution in [0, 0.1) is 5.92 Å². The standard InChI is InChI=1S/C22H20N6O2/c1-2-21(30)27-10-14(11-27)12-28-13-16(9-23-28)18-7-15-8-19(25-26-22(15)24-18)17-5-3-4-6-20(17)29/h2-9,13-14,29H,1,10-12H2,(H,24,26). The first-order chi connectivity index (χ1) is 14.6. The average molecular weight is 400 g/mol. The third kappa shape index (κ3) is 3.22. The van der Waals surface area contributed by atoms with E-state index in [4.69, 9.17) is 0 Å². The molecule has 1 aromatic carbocycles. The number of aromatic hydroxyl groups is 1. The number of phenolic OH excluding ortho intramolecular Hbond substituents is 1. The fraction of sp³-hybridized carbons (Fsp3) is 0.182. The Bertz CT molecular complexity index is 1250. The van der Waals surface area contributed by atoms with Crippen molar-refractivity contribution in [2.24, 2.45) is 5.92 Å². The zero-order valence-corrected chi connectivity index (χ0v) is 16.2. The molecule has 0 spiro atoms. The van der Waals surface area contributed by atoms with Gasteiger partial charge in [-0.05, 0) is 30.3 Å². The zero-order chi connectivity index (χ0) is 20.7. The van der Waals surface area contributed by atoms with Crippen molar-refractivity contribution in [2.45, 2.75) is 6.54 Å². The van der Waals surface area contributed by atoms with E-state index in [0.717, 1.165) is 36.3 Å². The molecule has 0 unspecified atom stereocenters. The molecule has 0 saturated carbocycles. The SMILES string of the molecule is C=CC(=O)N1CC(Cn2cc(-c3cc4cc(-c5ccccc5O)nnc4[nH]3)cn2)C1. The molecule has 2 N–H and O–H groups in total. The lowest BCUT2D eigenvalue weighted by molar-refractivity contribution is -0.132. The maximum Gasteiger partial charge on any atom is 0.245 e. The molecule has 4 aromatic rings. The van der Waals surface area contributed by atoms with Crippen molar-refractivity contribution >= 4 is 16.9 Å². The lowest BCUT2D eigenvalue weighted by Crippen LogP contribution is -2.50. The van der Waals surface area contributed by atoms with Crippen LogP contribution in [0.4, 0.5) is 0 Å². The molecule has 4 heterocycles. The van der Waals surface area contributed by atoms with Gasteiger partial charge < -0.3 is 15.0 Å². The van der Waals surface area contributed by atoms with Crippen LogP contribution in [0.15, 0.2) is 61.4 Å². The Balaban J connectivity index is 1.34. The highest BCUT2D eigenvalue weighted by Gasteiger charge is 2.29. The third-order valence-electron chi connectivity index (χ3n) is 5.39. The van der Waals surface area contributed by atoms with Crippen molar-refractivity contribution in [3.05, 3.63) is 61.4 Å². The molecular formula is C22H20N6O2. The van der Waals surface area contributed by atoms with E-state index in [1.165, 1.54) is 6.08 Å². The van der Waals surface area contributed by atoms with Gasteiger partial charge in [0.15, 0.2) is 5.65 Å². The van der Waals surface area contributed by atoms with Gasteiger partial charge in [-0.1, -0.05) is 18.7 Å². The molecule has 1 amide bonds. The van der Waals surface area contributed by atoms with E-state index in [-0.39, 0.29) is 11.7 Å². The van der Waals surface area contributed by atoms with Gasteiger partial charge in [0.2, 0.25) is 5.91 Å². The van der Waals surface area contributed by atoms with Gasteiger partial charge in [0.1, 0.15) is 5.75 Å². The number of para-hydroxylation sites is 1. The quantitative estimate of drug-likeness (QED) is 0.502. The Labute approximate surface area is 172 Å². The second-order valence-corrected chi connectivity index (χ2v) is 7.50. The molecule has 30 heavy (non-hydrogen) atoms. The highest BCUT2D eigenvalue weighted by atomic mass is 16.3. The Morgan fingerprint density at radius 1 is 1.27 bits per heavy atom. The summed E-state index contributed by atoms with van der Waals surface area (Å²) >= 11 is 0.